The second kappa shape index (κ2) is 8.29. The zero-order valence-corrected chi connectivity index (χ0v) is 12.6. The van der Waals surface area contributed by atoms with E-state index >= 15 is 0 Å². The first-order chi connectivity index (χ1) is 10.3. The van der Waals surface area contributed by atoms with E-state index in [1.54, 1.807) is 0 Å². The van der Waals surface area contributed by atoms with Gasteiger partial charge < -0.3 is 35.4 Å². The van der Waals surface area contributed by atoms with Gasteiger partial charge in [-0.15, -0.1) is 0 Å². The van der Waals surface area contributed by atoms with Crippen LogP contribution in [-0.4, -0.2) is 82.2 Å². The number of aliphatic hydroxyl groups excluding tert-OH is 4. The lowest BCUT2D eigenvalue weighted by Crippen LogP contribution is -2.64. The maximum Gasteiger partial charge on any atom is 0.474 e. The molecule has 22 heavy (non-hydrogen) atoms. The third-order valence-corrected chi connectivity index (χ3v) is 3.95. The number of hydrogen-bond acceptors (Lipinski definition) is 9. The number of ether oxygens (including phenoxy) is 1. The molecule has 0 aromatic heterocycles. The maximum absolute atomic E-state index is 11.5. The Morgan fingerprint density at radius 1 is 1.32 bits per heavy atom. The van der Waals surface area contributed by atoms with Crippen molar-refractivity contribution in [2.75, 3.05) is 20.3 Å². The van der Waals surface area contributed by atoms with Gasteiger partial charge >= 0.3 is 7.82 Å². The van der Waals surface area contributed by atoms with Crippen molar-refractivity contribution in [3.8, 4) is 0 Å². The predicted octanol–water partition coefficient (Wildman–Crippen LogP) is -2.94. The average Bonchev–Trinajstić information content (AvgIpc) is 2.46. The van der Waals surface area contributed by atoms with Gasteiger partial charge in [-0.2, -0.15) is 0 Å². The van der Waals surface area contributed by atoms with E-state index in [1.807, 2.05) is 0 Å². The Bertz CT molecular complexity index is 421. The number of carbonyl (C=O) groups excluding carboxylic acids is 1. The second-order valence-corrected chi connectivity index (χ2v) is 6.04. The number of rotatable bonds is 7. The van der Waals surface area contributed by atoms with Crippen molar-refractivity contribution in [3.05, 3.63) is 0 Å². The van der Waals surface area contributed by atoms with Gasteiger partial charge in [0.15, 0.2) is 6.29 Å². The molecule has 0 aromatic rings. The molecular formula is C10H20NO10P. The van der Waals surface area contributed by atoms with Crippen LogP contribution in [0.5, 0.6) is 0 Å². The molecule has 130 valence electrons. The van der Waals surface area contributed by atoms with Crippen molar-refractivity contribution >= 4 is 13.7 Å². The number of nitrogens with one attached hydrogen (secondary N) is 1. The number of aliphatic hydroxyl groups is 4. The van der Waals surface area contributed by atoms with Crippen molar-refractivity contribution in [3.63, 3.8) is 0 Å². The van der Waals surface area contributed by atoms with E-state index in [4.69, 9.17) is 14.9 Å². The summed E-state index contributed by atoms with van der Waals surface area (Å²) in [6.07, 6.45) is -6.45. The Balaban J connectivity index is 2.93. The molecule has 4 unspecified atom stereocenters. The van der Waals surface area contributed by atoms with Crippen LogP contribution in [0.2, 0.25) is 0 Å². The van der Waals surface area contributed by atoms with Crippen molar-refractivity contribution in [1.82, 2.24) is 5.32 Å². The largest absolute Gasteiger partial charge is 0.474 e. The molecule has 1 fully saturated rings. The zero-order valence-electron chi connectivity index (χ0n) is 11.7. The van der Waals surface area contributed by atoms with Gasteiger partial charge in [0.05, 0.1) is 13.2 Å². The number of phosphoric acid groups is 1. The van der Waals surface area contributed by atoms with E-state index < -0.39 is 57.6 Å². The van der Waals surface area contributed by atoms with Crippen molar-refractivity contribution < 1.29 is 48.5 Å². The molecule has 1 amide bonds. The molecule has 0 aliphatic carbocycles. The highest BCUT2D eigenvalue weighted by atomic mass is 31.2. The van der Waals surface area contributed by atoms with Gasteiger partial charge in [-0.05, 0) is 0 Å². The van der Waals surface area contributed by atoms with E-state index in [2.05, 4.69) is 14.4 Å². The van der Waals surface area contributed by atoms with Gasteiger partial charge in [-0.1, -0.05) is 0 Å². The summed E-state index contributed by atoms with van der Waals surface area (Å²) in [5.74, 6) is -0.705. The fourth-order valence-electron chi connectivity index (χ4n) is 1.86. The molecule has 6 atom stereocenters. The standard InChI is InChI=1S/C10H20NO10P/c1-19-22(17,18)21-10-7(11-6(14)2-3-12)9(16)8(15)5(4-13)20-10/h5,7-10,12-13,15-16H,2-4H2,1H3,(H,11,14)(H,17,18)/t5?,7?,8-,9?,10+/m0/s1. The molecule has 0 spiro atoms. The van der Waals surface area contributed by atoms with Crippen molar-refractivity contribution in [1.29, 1.82) is 0 Å². The summed E-state index contributed by atoms with van der Waals surface area (Å²) in [6, 6.07) is -1.41. The van der Waals surface area contributed by atoms with Crippen LogP contribution < -0.4 is 5.32 Å². The maximum atomic E-state index is 11.5. The Labute approximate surface area is 126 Å². The van der Waals surface area contributed by atoms with Crippen LogP contribution in [0.25, 0.3) is 0 Å². The summed E-state index contributed by atoms with van der Waals surface area (Å²) in [6.45, 7) is -1.16. The van der Waals surface area contributed by atoms with Crippen LogP contribution in [0, 0.1) is 0 Å². The minimum atomic E-state index is -4.52. The van der Waals surface area contributed by atoms with Crippen LogP contribution in [-0.2, 0) is 23.1 Å². The predicted molar refractivity (Wildman–Crippen MR) is 69.3 cm³/mol. The summed E-state index contributed by atoms with van der Waals surface area (Å²) < 4.78 is 25.4. The molecule has 1 saturated heterocycles. The van der Waals surface area contributed by atoms with Gasteiger partial charge in [-0.3, -0.25) is 13.8 Å². The van der Waals surface area contributed by atoms with Crippen LogP contribution in [0.15, 0.2) is 0 Å². The lowest BCUT2D eigenvalue weighted by Gasteiger charge is -2.42. The fraction of sp³-hybridized carbons (Fsp3) is 0.900. The monoisotopic (exact) mass is 345 g/mol. The minimum Gasteiger partial charge on any atom is -0.396 e. The summed E-state index contributed by atoms with van der Waals surface area (Å²) >= 11 is 0. The summed E-state index contributed by atoms with van der Waals surface area (Å²) in [5.41, 5.74) is 0. The van der Waals surface area contributed by atoms with E-state index in [-0.39, 0.29) is 6.42 Å². The number of amides is 1. The van der Waals surface area contributed by atoms with Gasteiger partial charge in [0.1, 0.15) is 24.4 Å². The quantitative estimate of drug-likeness (QED) is 0.262. The number of phosphoric ester groups is 1. The molecule has 11 nitrogen and oxygen atoms in total. The highest BCUT2D eigenvalue weighted by Crippen LogP contribution is 2.45. The molecule has 1 aliphatic heterocycles. The second-order valence-electron chi connectivity index (χ2n) is 4.53. The summed E-state index contributed by atoms with van der Waals surface area (Å²) in [5, 5.41) is 39.7. The molecule has 0 bridgehead atoms. The molecular weight excluding hydrogens is 325 g/mol. The van der Waals surface area contributed by atoms with E-state index in [1.165, 1.54) is 0 Å². The van der Waals surface area contributed by atoms with Crippen LogP contribution >= 0.6 is 7.82 Å². The third kappa shape index (κ3) is 4.95. The highest BCUT2D eigenvalue weighted by Gasteiger charge is 2.47. The van der Waals surface area contributed by atoms with Gasteiger partial charge in [0, 0.05) is 13.5 Å². The first-order valence-corrected chi connectivity index (χ1v) is 7.85. The number of hydrogen-bond donors (Lipinski definition) is 6. The number of carbonyl (C=O) groups is 1. The molecule has 0 saturated carbocycles. The summed E-state index contributed by atoms with van der Waals surface area (Å²) in [7, 11) is -3.62. The third-order valence-electron chi connectivity index (χ3n) is 3.02. The van der Waals surface area contributed by atoms with E-state index in [0.717, 1.165) is 7.11 Å². The molecule has 0 radical (unpaired) electrons. The Kier molecular flexibility index (Phi) is 7.32. The zero-order chi connectivity index (χ0) is 16.9. The van der Waals surface area contributed by atoms with Crippen LogP contribution in [0.4, 0.5) is 0 Å². The molecule has 6 N–H and O–H groups in total. The first kappa shape index (κ1) is 19.4. The highest BCUT2D eigenvalue weighted by molar-refractivity contribution is 7.47. The molecule has 1 heterocycles. The lowest BCUT2D eigenvalue weighted by atomic mass is 9.97. The van der Waals surface area contributed by atoms with Crippen molar-refractivity contribution in [2.24, 2.45) is 0 Å². The topological polar surface area (TPSA) is 175 Å². The van der Waals surface area contributed by atoms with Crippen LogP contribution in [0.1, 0.15) is 6.42 Å². The van der Waals surface area contributed by atoms with Crippen LogP contribution in [0.3, 0.4) is 0 Å². The molecule has 12 heteroatoms. The average molecular weight is 345 g/mol. The van der Waals surface area contributed by atoms with Gasteiger partial charge in [0.25, 0.3) is 0 Å². The first-order valence-electron chi connectivity index (χ1n) is 6.35. The van der Waals surface area contributed by atoms with Gasteiger partial charge in [-0.25, -0.2) is 4.57 Å². The molecule has 0 aromatic carbocycles. The van der Waals surface area contributed by atoms with Gasteiger partial charge in [0.2, 0.25) is 5.91 Å². The molecule has 1 aliphatic rings. The Hall–Kier alpha value is -0.620. The van der Waals surface area contributed by atoms with E-state index in [9.17, 15) is 24.5 Å². The Morgan fingerprint density at radius 2 is 1.95 bits per heavy atom. The van der Waals surface area contributed by atoms with Crippen molar-refractivity contribution in [2.45, 2.75) is 37.1 Å². The smallest absolute Gasteiger partial charge is 0.396 e. The SMILES string of the molecule is COP(=O)(O)O[C@H]1OC(CO)[C@H](O)C(O)C1NC(=O)CCO. The fourth-order valence-corrected chi connectivity index (χ4v) is 2.39. The summed E-state index contributed by atoms with van der Waals surface area (Å²) in [4.78, 5) is 20.8. The minimum absolute atomic E-state index is 0.295. The normalized spacial score (nSPS) is 34.9. The lowest BCUT2D eigenvalue weighted by molar-refractivity contribution is -0.248. The Morgan fingerprint density at radius 3 is 2.45 bits per heavy atom. The molecule has 1 rings (SSSR count). The van der Waals surface area contributed by atoms with E-state index in [0.29, 0.717) is 0 Å².